The fourth-order valence-electron chi connectivity index (χ4n) is 2.45. The van der Waals surface area contributed by atoms with Crippen molar-refractivity contribution in [2.24, 2.45) is 0 Å². The van der Waals surface area contributed by atoms with Gasteiger partial charge < -0.3 is 9.47 Å². The second-order valence-electron chi connectivity index (χ2n) is 5.29. The molecule has 130 valence electrons. The van der Waals surface area contributed by atoms with Crippen molar-refractivity contribution in [1.29, 1.82) is 0 Å². The second-order valence-corrected chi connectivity index (χ2v) is 6.15. The molecule has 0 fully saturated rings. The normalized spacial score (nSPS) is 10.9. The van der Waals surface area contributed by atoms with Gasteiger partial charge in [-0.2, -0.15) is 0 Å². The van der Waals surface area contributed by atoms with Gasteiger partial charge in [-0.3, -0.25) is 14.2 Å². The van der Waals surface area contributed by atoms with Crippen LogP contribution in [-0.2, 0) is 20.8 Å². The first kappa shape index (κ1) is 17.3. The second kappa shape index (κ2) is 8.04. The highest BCUT2D eigenvalue weighted by atomic mass is 32.1. The number of benzene rings is 1. The highest BCUT2D eigenvalue weighted by Gasteiger charge is 2.15. The van der Waals surface area contributed by atoms with Gasteiger partial charge in [-0.05, 0) is 12.5 Å². The summed E-state index contributed by atoms with van der Waals surface area (Å²) in [5, 5.41) is 2.44. The van der Waals surface area contributed by atoms with E-state index in [1.165, 1.54) is 22.2 Å². The number of rotatable bonds is 7. The SMILES string of the molecule is CCOCCOC(=O)Cn1cnc2scc(-c3ccccc3)c2c1=O. The minimum absolute atomic E-state index is 0.169. The maximum atomic E-state index is 12.8. The molecule has 0 unspecified atom stereocenters. The number of fused-ring (bicyclic) bond motifs is 1. The molecule has 2 aromatic heterocycles. The van der Waals surface area contributed by atoms with Gasteiger partial charge in [0.2, 0.25) is 0 Å². The molecule has 0 N–H and O–H groups in total. The standard InChI is InChI=1S/C18H18N2O4S/c1-2-23-8-9-24-15(21)10-20-12-19-17-16(18(20)22)14(11-25-17)13-6-4-3-5-7-13/h3-7,11-12H,2,8-10H2,1H3. The van der Waals surface area contributed by atoms with E-state index >= 15 is 0 Å². The summed E-state index contributed by atoms with van der Waals surface area (Å²) in [4.78, 5) is 29.6. The average molecular weight is 358 g/mol. The molecule has 0 spiro atoms. The lowest BCUT2D eigenvalue weighted by Crippen LogP contribution is -2.26. The van der Waals surface area contributed by atoms with E-state index in [-0.39, 0.29) is 18.7 Å². The molecule has 0 atom stereocenters. The van der Waals surface area contributed by atoms with Crippen LogP contribution < -0.4 is 5.56 Å². The Morgan fingerprint density at radius 3 is 2.80 bits per heavy atom. The first-order chi connectivity index (χ1) is 12.2. The molecule has 25 heavy (non-hydrogen) atoms. The van der Waals surface area contributed by atoms with Crippen LogP contribution in [-0.4, -0.2) is 35.3 Å². The smallest absolute Gasteiger partial charge is 0.326 e. The third-order valence-electron chi connectivity index (χ3n) is 3.64. The molecule has 0 aliphatic rings. The van der Waals surface area contributed by atoms with Crippen LogP contribution >= 0.6 is 11.3 Å². The minimum atomic E-state index is -0.487. The fourth-order valence-corrected chi connectivity index (χ4v) is 3.36. The van der Waals surface area contributed by atoms with Gasteiger partial charge in [0.05, 0.1) is 18.3 Å². The predicted octanol–water partition coefficient (Wildman–Crippen LogP) is 2.70. The molecular weight excluding hydrogens is 340 g/mol. The van der Waals surface area contributed by atoms with Gasteiger partial charge in [0.25, 0.3) is 5.56 Å². The molecule has 2 heterocycles. The third-order valence-corrected chi connectivity index (χ3v) is 4.53. The van der Waals surface area contributed by atoms with Crippen LogP contribution in [0.15, 0.2) is 46.8 Å². The van der Waals surface area contributed by atoms with Gasteiger partial charge in [-0.25, -0.2) is 4.98 Å². The summed E-state index contributed by atoms with van der Waals surface area (Å²) >= 11 is 1.41. The number of ether oxygens (including phenoxy) is 2. The molecule has 0 radical (unpaired) electrons. The average Bonchev–Trinajstić information content (AvgIpc) is 3.07. The molecule has 3 rings (SSSR count). The summed E-state index contributed by atoms with van der Waals surface area (Å²) in [5.74, 6) is -0.487. The van der Waals surface area contributed by atoms with E-state index in [4.69, 9.17) is 9.47 Å². The molecule has 0 saturated carbocycles. The lowest BCUT2D eigenvalue weighted by molar-refractivity contribution is -0.145. The van der Waals surface area contributed by atoms with Crippen LogP contribution in [0, 0.1) is 0 Å². The Morgan fingerprint density at radius 1 is 1.24 bits per heavy atom. The highest BCUT2D eigenvalue weighted by molar-refractivity contribution is 7.17. The quantitative estimate of drug-likeness (QED) is 0.480. The van der Waals surface area contributed by atoms with E-state index in [0.717, 1.165) is 11.1 Å². The Labute approximate surface area is 148 Å². The Balaban J connectivity index is 1.85. The van der Waals surface area contributed by atoms with Crippen molar-refractivity contribution >= 4 is 27.5 Å². The van der Waals surface area contributed by atoms with Crippen LogP contribution in [0.1, 0.15) is 6.92 Å². The van der Waals surface area contributed by atoms with Gasteiger partial charge in [-0.15, -0.1) is 11.3 Å². The molecule has 7 heteroatoms. The number of nitrogens with zero attached hydrogens (tertiary/aromatic N) is 2. The van der Waals surface area contributed by atoms with Crippen molar-refractivity contribution in [2.75, 3.05) is 19.8 Å². The van der Waals surface area contributed by atoms with Gasteiger partial charge in [0.1, 0.15) is 18.0 Å². The van der Waals surface area contributed by atoms with Crippen LogP contribution in [0.25, 0.3) is 21.3 Å². The van der Waals surface area contributed by atoms with E-state index in [1.54, 1.807) is 0 Å². The zero-order valence-electron chi connectivity index (χ0n) is 13.8. The zero-order valence-corrected chi connectivity index (χ0v) is 14.6. The number of hydrogen-bond donors (Lipinski definition) is 0. The molecule has 0 aliphatic carbocycles. The Hall–Kier alpha value is -2.51. The van der Waals surface area contributed by atoms with Crippen molar-refractivity contribution in [3.63, 3.8) is 0 Å². The predicted molar refractivity (Wildman–Crippen MR) is 96.8 cm³/mol. The van der Waals surface area contributed by atoms with Gasteiger partial charge in [-0.1, -0.05) is 30.3 Å². The molecule has 1 aromatic carbocycles. The monoisotopic (exact) mass is 358 g/mol. The van der Waals surface area contributed by atoms with E-state index in [2.05, 4.69) is 4.98 Å². The lowest BCUT2D eigenvalue weighted by atomic mass is 10.1. The van der Waals surface area contributed by atoms with Crippen molar-refractivity contribution in [3.8, 4) is 11.1 Å². The Bertz CT molecular complexity index is 918. The van der Waals surface area contributed by atoms with Crippen LogP contribution in [0.2, 0.25) is 0 Å². The minimum Gasteiger partial charge on any atom is -0.462 e. The van der Waals surface area contributed by atoms with E-state index in [1.807, 2.05) is 42.6 Å². The number of aromatic nitrogens is 2. The van der Waals surface area contributed by atoms with Crippen molar-refractivity contribution in [1.82, 2.24) is 9.55 Å². The summed E-state index contributed by atoms with van der Waals surface area (Å²) in [5.41, 5.74) is 1.54. The Kier molecular flexibility index (Phi) is 5.57. The number of carbonyl (C=O) groups is 1. The van der Waals surface area contributed by atoms with E-state index in [9.17, 15) is 9.59 Å². The largest absolute Gasteiger partial charge is 0.462 e. The molecule has 6 nitrogen and oxygen atoms in total. The fraction of sp³-hybridized carbons (Fsp3) is 0.278. The maximum Gasteiger partial charge on any atom is 0.326 e. The van der Waals surface area contributed by atoms with Crippen LogP contribution in [0.3, 0.4) is 0 Å². The van der Waals surface area contributed by atoms with Crippen molar-refractivity contribution in [3.05, 3.63) is 52.4 Å². The number of thiophene rings is 1. The van der Waals surface area contributed by atoms with Gasteiger partial charge >= 0.3 is 5.97 Å². The Morgan fingerprint density at radius 2 is 2.04 bits per heavy atom. The van der Waals surface area contributed by atoms with Gasteiger partial charge in [0.15, 0.2) is 0 Å². The zero-order chi connectivity index (χ0) is 17.6. The van der Waals surface area contributed by atoms with Crippen LogP contribution in [0.4, 0.5) is 0 Å². The molecule has 0 saturated heterocycles. The summed E-state index contributed by atoms with van der Waals surface area (Å²) in [6.07, 6.45) is 1.39. The van der Waals surface area contributed by atoms with Crippen LogP contribution in [0.5, 0.6) is 0 Å². The van der Waals surface area contributed by atoms with Crippen molar-refractivity contribution in [2.45, 2.75) is 13.5 Å². The first-order valence-corrected chi connectivity index (χ1v) is 8.84. The van der Waals surface area contributed by atoms with Gasteiger partial charge in [0, 0.05) is 17.6 Å². The maximum absolute atomic E-state index is 12.8. The summed E-state index contributed by atoms with van der Waals surface area (Å²) in [6, 6.07) is 9.65. The summed E-state index contributed by atoms with van der Waals surface area (Å²) < 4.78 is 11.5. The van der Waals surface area contributed by atoms with E-state index < -0.39 is 5.97 Å². The number of esters is 1. The number of hydrogen-bond acceptors (Lipinski definition) is 6. The highest BCUT2D eigenvalue weighted by Crippen LogP contribution is 2.30. The first-order valence-electron chi connectivity index (χ1n) is 7.96. The van der Waals surface area contributed by atoms with E-state index in [0.29, 0.717) is 23.4 Å². The molecule has 0 bridgehead atoms. The van der Waals surface area contributed by atoms with Crippen molar-refractivity contribution < 1.29 is 14.3 Å². The molecule has 3 aromatic rings. The molecule has 0 amide bonds. The lowest BCUT2D eigenvalue weighted by Gasteiger charge is -2.07. The molecular formula is C18H18N2O4S. The number of carbonyl (C=O) groups excluding carboxylic acids is 1. The topological polar surface area (TPSA) is 70.4 Å². The third kappa shape index (κ3) is 3.94. The summed E-state index contributed by atoms with van der Waals surface area (Å²) in [6.45, 7) is 2.78. The summed E-state index contributed by atoms with van der Waals surface area (Å²) in [7, 11) is 0. The molecule has 0 aliphatic heterocycles.